The van der Waals surface area contributed by atoms with Gasteiger partial charge in [-0.15, -0.1) is 0 Å². The smallest absolute Gasteiger partial charge is 0.0572 e. The Morgan fingerprint density at radius 1 is 1.41 bits per heavy atom. The van der Waals surface area contributed by atoms with Crippen molar-refractivity contribution < 1.29 is 4.74 Å². The van der Waals surface area contributed by atoms with E-state index in [-0.39, 0.29) is 0 Å². The highest BCUT2D eigenvalue weighted by atomic mass is 16.5. The van der Waals surface area contributed by atoms with Crippen LogP contribution in [0.2, 0.25) is 0 Å². The Hall–Kier alpha value is -0.870. The summed E-state index contributed by atoms with van der Waals surface area (Å²) in [7, 11) is 3.82. The molecule has 1 aromatic rings. The number of nitrogens with zero attached hydrogens (tertiary/aromatic N) is 2. The second-order valence-electron chi connectivity index (χ2n) is 4.86. The van der Waals surface area contributed by atoms with Crippen LogP contribution in [0.1, 0.15) is 31.4 Å². The molecule has 4 heteroatoms. The van der Waals surface area contributed by atoms with Crippen LogP contribution in [0.25, 0.3) is 0 Å². The molecule has 0 spiro atoms. The first-order valence-corrected chi connectivity index (χ1v) is 6.52. The van der Waals surface area contributed by atoms with Crippen molar-refractivity contribution in [3.63, 3.8) is 0 Å². The fraction of sp³-hybridized carbons (Fsp3) is 0.769. The summed E-state index contributed by atoms with van der Waals surface area (Å²) in [5, 5.41) is 7.81. The van der Waals surface area contributed by atoms with Gasteiger partial charge < -0.3 is 10.1 Å². The molecule has 96 valence electrons. The first-order chi connectivity index (χ1) is 8.29. The van der Waals surface area contributed by atoms with Crippen LogP contribution < -0.4 is 5.32 Å². The van der Waals surface area contributed by atoms with Gasteiger partial charge in [-0.1, -0.05) is 0 Å². The van der Waals surface area contributed by atoms with Crippen LogP contribution in [0.15, 0.2) is 12.3 Å². The summed E-state index contributed by atoms with van der Waals surface area (Å²) in [6, 6.07) is 2.76. The van der Waals surface area contributed by atoms with Crippen molar-refractivity contribution in [1.82, 2.24) is 15.1 Å². The molecule has 0 atom stereocenters. The predicted octanol–water partition coefficient (Wildman–Crippen LogP) is 1.51. The molecule has 0 aromatic carbocycles. The van der Waals surface area contributed by atoms with E-state index < -0.39 is 0 Å². The second-order valence-corrected chi connectivity index (χ2v) is 4.86. The minimum absolute atomic E-state index is 0.491. The van der Waals surface area contributed by atoms with Gasteiger partial charge in [0.15, 0.2) is 0 Å². The van der Waals surface area contributed by atoms with Gasteiger partial charge >= 0.3 is 0 Å². The molecule has 1 aromatic heterocycles. The summed E-state index contributed by atoms with van der Waals surface area (Å²) in [5.74, 6) is 0. The van der Waals surface area contributed by atoms with Crippen molar-refractivity contribution in [2.24, 2.45) is 7.05 Å². The third-order valence-corrected chi connectivity index (χ3v) is 3.74. The predicted molar refractivity (Wildman–Crippen MR) is 68.0 cm³/mol. The number of nitrogens with one attached hydrogen (secondary N) is 1. The van der Waals surface area contributed by atoms with Crippen LogP contribution in [-0.2, 0) is 18.2 Å². The molecule has 2 rings (SSSR count). The number of aromatic nitrogens is 2. The highest BCUT2D eigenvalue weighted by Gasteiger charge is 2.19. The van der Waals surface area contributed by atoms with Crippen LogP contribution >= 0.6 is 0 Å². The Balaban J connectivity index is 1.65. The molecule has 0 bridgehead atoms. The lowest BCUT2D eigenvalue weighted by Crippen LogP contribution is -2.36. The van der Waals surface area contributed by atoms with E-state index in [0.717, 1.165) is 13.0 Å². The maximum atomic E-state index is 5.38. The summed E-state index contributed by atoms with van der Waals surface area (Å²) < 4.78 is 7.33. The van der Waals surface area contributed by atoms with Crippen LogP contribution in [0.5, 0.6) is 0 Å². The number of methoxy groups -OCH3 is 1. The molecule has 1 aliphatic rings. The van der Waals surface area contributed by atoms with Crippen LogP contribution in [-0.4, -0.2) is 35.6 Å². The van der Waals surface area contributed by atoms with E-state index in [1.165, 1.54) is 31.4 Å². The first-order valence-electron chi connectivity index (χ1n) is 6.52. The molecule has 1 aliphatic carbocycles. The quantitative estimate of drug-likeness (QED) is 0.843. The van der Waals surface area contributed by atoms with Gasteiger partial charge in [0.25, 0.3) is 0 Å². The normalized spacial score (nSPS) is 25.1. The lowest BCUT2D eigenvalue weighted by atomic mass is 9.93. The van der Waals surface area contributed by atoms with Gasteiger partial charge in [-0.2, -0.15) is 5.10 Å². The largest absolute Gasteiger partial charge is 0.381 e. The number of hydrogen-bond acceptors (Lipinski definition) is 3. The highest BCUT2D eigenvalue weighted by molar-refractivity contribution is 5.00. The lowest BCUT2D eigenvalue weighted by molar-refractivity contribution is 0.0626. The molecule has 17 heavy (non-hydrogen) atoms. The second kappa shape index (κ2) is 6.17. The van der Waals surface area contributed by atoms with E-state index >= 15 is 0 Å². The van der Waals surface area contributed by atoms with E-state index in [0.29, 0.717) is 12.1 Å². The summed E-state index contributed by atoms with van der Waals surface area (Å²) in [4.78, 5) is 0. The monoisotopic (exact) mass is 237 g/mol. The number of rotatable bonds is 5. The molecular weight excluding hydrogens is 214 g/mol. The topological polar surface area (TPSA) is 39.1 Å². The maximum absolute atomic E-state index is 5.38. The fourth-order valence-corrected chi connectivity index (χ4v) is 2.55. The standard InChI is InChI=1S/C13H23N3O/c1-16-12(8-10-15-16)7-9-14-11-3-5-13(17-2)6-4-11/h8,10-11,13-14H,3-7,9H2,1-2H3. The van der Waals surface area contributed by atoms with Crippen LogP contribution in [0.4, 0.5) is 0 Å². The van der Waals surface area contributed by atoms with Crippen molar-refractivity contribution >= 4 is 0 Å². The Morgan fingerprint density at radius 2 is 2.18 bits per heavy atom. The molecule has 1 heterocycles. The number of hydrogen-bond donors (Lipinski definition) is 1. The first kappa shape index (κ1) is 12.6. The number of ether oxygens (including phenoxy) is 1. The maximum Gasteiger partial charge on any atom is 0.0572 e. The molecule has 4 nitrogen and oxygen atoms in total. The molecule has 0 radical (unpaired) electrons. The van der Waals surface area contributed by atoms with Crippen LogP contribution in [0.3, 0.4) is 0 Å². The van der Waals surface area contributed by atoms with E-state index in [4.69, 9.17) is 4.74 Å². The van der Waals surface area contributed by atoms with Gasteiger partial charge in [0.1, 0.15) is 0 Å². The molecular formula is C13H23N3O. The molecule has 0 saturated heterocycles. The van der Waals surface area contributed by atoms with E-state index in [1.54, 1.807) is 0 Å². The van der Waals surface area contributed by atoms with E-state index in [9.17, 15) is 0 Å². The lowest BCUT2D eigenvalue weighted by Gasteiger charge is -2.28. The fourth-order valence-electron chi connectivity index (χ4n) is 2.55. The average Bonchev–Trinajstić information content (AvgIpc) is 2.76. The van der Waals surface area contributed by atoms with Gasteiger partial charge in [0.05, 0.1) is 6.10 Å². The summed E-state index contributed by atoms with van der Waals surface area (Å²) in [5.41, 5.74) is 1.29. The zero-order chi connectivity index (χ0) is 12.1. The van der Waals surface area contributed by atoms with Crippen molar-refractivity contribution in [2.75, 3.05) is 13.7 Å². The summed E-state index contributed by atoms with van der Waals surface area (Å²) >= 11 is 0. The SMILES string of the molecule is COC1CCC(NCCc2ccnn2C)CC1. The Kier molecular flexibility index (Phi) is 4.57. The minimum atomic E-state index is 0.491. The molecule has 0 unspecified atom stereocenters. The van der Waals surface area contributed by atoms with Crippen LogP contribution in [0, 0.1) is 0 Å². The summed E-state index contributed by atoms with van der Waals surface area (Å²) in [6.07, 6.45) is 8.28. The van der Waals surface area contributed by atoms with Crippen molar-refractivity contribution in [3.8, 4) is 0 Å². The van der Waals surface area contributed by atoms with Gasteiger partial charge in [-0.3, -0.25) is 4.68 Å². The van der Waals surface area contributed by atoms with Gasteiger partial charge in [-0.25, -0.2) is 0 Å². The van der Waals surface area contributed by atoms with Gasteiger partial charge in [0.2, 0.25) is 0 Å². The third kappa shape index (κ3) is 3.54. The molecule has 1 fully saturated rings. The van der Waals surface area contributed by atoms with E-state index in [2.05, 4.69) is 16.5 Å². The zero-order valence-corrected chi connectivity index (χ0v) is 10.9. The highest BCUT2D eigenvalue weighted by Crippen LogP contribution is 2.20. The zero-order valence-electron chi connectivity index (χ0n) is 10.9. The third-order valence-electron chi connectivity index (χ3n) is 3.74. The average molecular weight is 237 g/mol. The number of aryl methyl sites for hydroxylation is 1. The molecule has 0 amide bonds. The van der Waals surface area contributed by atoms with Crippen molar-refractivity contribution in [2.45, 2.75) is 44.2 Å². The van der Waals surface area contributed by atoms with Gasteiger partial charge in [-0.05, 0) is 31.7 Å². The molecule has 1 N–H and O–H groups in total. The van der Waals surface area contributed by atoms with Gasteiger partial charge in [0, 0.05) is 45.1 Å². The Bertz CT molecular complexity index is 329. The Labute approximate surface area is 103 Å². The van der Waals surface area contributed by atoms with Crippen molar-refractivity contribution in [1.29, 1.82) is 0 Å². The molecule has 0 aliphatic heterocycles. The Morgan fingerprint density at radius 3 is 2.76 bits per heavy atom. The van der Waals surface area contributed by atoms with E-state index in [1.807, 2.05) is 25.0 Å². The minimum Gasteiger partial charge on any atom is -0.381 e. The molecule has 1 saturated carbocycles. The summed E-state index contributed by atoms with van der Waals surface area (Å²) in [6.45, 7) is 1.04. The van der Waals surface area contributed by atoms with Crippen molar-refractivity contribution in [3.05, 3.63) is 18.0 Å².